The molecule has 0 N–H and O–H groups in total. The second kappa shape index (κ2) is 6.63. The molecule has 5 rings (SSSR count). The van der Waals surface area contributed by atoms with Crippen LogP contribution in [0.5, 0.6) is 0 Å². The summed E-state index contributed by atoms with van der Waals surface area (Å²) in [7, 11) is 0. The minimum absolute atomic E-state index is 0.269. The highest BCUT2D eigenvalue weighted by Crippen LogP contribution is 2.28. The lowest BCUT2D eigenvalue weighted by atomic mass is 10.2. The number of nitrogens with zero attached hydrogens (tertiary/aromatic N) is 3. The Hall–Kier alpha value is -2.87. The van der Waals surface area contributed by atoms with Crippen molar-refractivity contribution in [3.05, 3.63) is 79.4 Å². The molecule has 0 saturated heterocycles. The number of furan rings is 2. The molecule has 0 unspecified atom stereocenters. The first kappa shape index (κ1) is 17.2. The lowest BCUT2D eigenvalue weighted by Gasteiger charge is -1.99. The first-order chi connectivity index (χ1) is 13.6. The fourth-order valence-electron chi connectivity index (χ4n) is 2.75. The van der Waals surface area contributed by atoms with E-state index in [1.54, 1.807) is 48.5 Å². The molecule has 6 nitrogen and oxygen atoms in total. The van der Waals surface area contributed by atoms with E-state index in [4.69, 9.17) is 32.0 Å². The summed E-state index contributed by atoms with van der Waals surface area (Å²) in [4.78, 5) is 17.4. The molecular formula is C19H9Cl2N3O3S. The number of aromatic nitrogens is 3. The van der Waals surface area contributed by atoms with Gasteiger partial charge in [0.15, 0.2) is 5.76 Å². The van der Waals surface area contributed by atoms with Gasteiger partial charge in [-0.1, -0.05) is 34.5 Å². The van der Waals surface area contributed by atoms with Crippen LogP contribution in [0, 0.1) is 0 Å². The first-order valence-corrected chi connectivity index (χ1v) is 9.65. The van der Waals surface area contributed by atoms with Gasteiger partial charge in [0.25, 0.3) is 5.56 Å². The highest BCUT2D eigenvalue weighted by atomic mass is 35.5. The molecule has 0 spiro atoms. The Labute approximate surface area is 171 Å². The van der Waals surface area contributed by atoms with Crippen molar-refractivity contribution < 1.29 is 8.83 Å². The largest absolute Gasteiger partial charge is 0.461 e. The molecule has 0 aliphatic carbocycles. The predicted octanol–water partition coefficient (Wildman–Crippen LogP) is 4.53. The van der Waals surface area contributed by atoms with Crippen molar-refractivity contribution in [3.63, 3.8) is 0 Å². The third-order valence-corrected chi connectivity index (χ3v) is 5.37. The predicted molar refractivity (Wildman–Crippen MR) is 108 cm³/mol. The van der Waals surface area contributed by atoms with Crippen LogP contribution in [0.4, 0.5) is 0 Å². The van der Waals surface area contributed by atoms with Gasteiger partial charge in [0.1, 0.15) is 16.1 Å². The maximum absolute atomic E-state index is 12.6. The maximum Gasteiger partial charge on any atom is 0.291 e. The number of benzene rings is 1. The van der Waals surface area contributed by atoms with Gasteiger partial charge >= 0.3 is 0 Å². The zero-order valence-electron chi connectivity index (χ0n) is 13.9. The van der Waals surface area contributed by atoms with Crippen LogP contribution in [0.1, 0.15) is 5.76 Å². The Morgan fingerprint density at radius 3 is 2.61 bits per heavy atom. The minimum atomic E-state index is -0.269. The van der Waals surface area contributed by atoms with Crippen molar-refractivity contribution in [3.8, 4) is 22.9 Å². The van der Waals surface area contributed by atoms with Crippen LogP contribution in [0.3, 0.4) is 0 Å². The highest BCUT2D eigenvalue weighted by molar-refractivity contribution is 7.15. The maximum atomic E-state index is 12.6. The van der Waals surface area contributed by atoms with Crippen LogP contribution in [-0.2, 0) is 0 Å². The molecule has 0 fully saturated rings. The molecule has 9 heteroatoms. The van der Waals surface area contributed by atoms with Gasteiger partial charge in [0, 0.05) is 21.7 Å². The topological polar surface area (TPSA) is 73.5 Å². The van der Waals surface area contributed by atoms with E-state index in [0.717, 1.165) is 5.56 Å². The van der Waals surface area contributed by atoms with Gasteiger partial charge in [0.05, 0.1) is 6.26 Å². The normalized spacial score (nSPS) is 12.3. The minimum Gasteiger partial charge on any atom is -0.461 e. The summed E-state index contributed by atoms with van der Waals surface area (Å²) in [5, 5.41) is 5.25. The van der Waals surface area contributed by atoms with Crippen LogP contribution >= 0.6 is 34.5 Å². The van der Waals surface area contributed by atoms with E-state index in [2.05, 4.69) is 10.1 Å². The fraction of sp³-hybridized carbons (Fsp3) is 0. The molecule has 0 bridgehead atoms. The van der Waals surface area contributed by atoms with Gasteiger partial charge in [-0.15, -0.1) is 5.10 Å². The van der Waals surface area contributed by atoms with Crippen molar-refractivity contribution in [2.45, 2.75) is 0 Å². The first-order valence-electron chi connectivity index (χ1n) is 8.08. The zero-order valence-corrected chi connectivity index (χ0v) is 16.3. The van der Waals surface area contributed by atoms with Crippen molar-refractivity contribution in [1.29, 1.82) is 0 Å². The van der Waals surface area contributed by atoms with Crippen molar-refractivity contribution in [2.24, 2.45) is 0 Å². The molecule has 28 heavy (non-hydrogen) atoms. The highest BCUT2D eigenvalue weighted by Gasteiger charge is 2.14. The van der Waals surface area contributed by atoms with Gasteiger partial charge in [0.2, 0.25) is 10.8 Å². The van der Waals surface area contributed by atoms with Crippen molar-refractivity contribution in [1.82, 2.24) is 14.6 Å². The summed E-state index contributed by atoms with van der Waals surface area (Å²) in [6.45, 7) is 0. The number of halogens is 2. The summed E-state index contributed by atoms with van der Waals surface area (Å²) in [5.41, 5.74) is 0.485. The van der Waals surface area contributed by atoms with Crippen LogP contribution in [0.25, 0.3) is 33.9 Å². The molecular weight excluding hydrogens is 421 g/mol. The van der Waals surface area contributed by atoms with E-state index in [-0.39, 0.29) is 5.56 Å². The molecule has 4 heterocycles. The Bertz CT molecular complexity index is 1400. The summed E-state index contributed by atoms with van der Waals surface area (Å²) in [6, 6.07) is 12.2. The molecule has 0 radical (unpaired) electrons. The number of fused-ring (bicyclic) bond motifs is 1. The lowest BCUT2D eigenvalue weighted by Crippen LogP contribution is -2.23. The average Bonchev–Trinajstić information content (AvgIpc) is 3.42. The van der Waals surface area contributed by atoms with Gasteiger partial charge in [-0.3, -0.25) is 4.79 Å². The number of hydrogen-bond donors (Lipinski definition) is 0. The number of rotatable bonds is 3. The summed E-state index contributed by atoms with van der Waals surface area (Å²) in [6.07, 6.45) is 3.19. The standard InChI is InChI=1S/C19H9Cl2N3O3S/c20-11-6-10(7-12(21)8-11)14-4-3-13(27-14)9-16-18(25)24-19(28-16)22-17(23-24)15-2-1-5-26-15/h1-9H. The smallest absolute Gasteiger partial charge is 0.291 e. The fourth-order valence-corrected chi connectivity index (χ4v) is 4.17. The SMILES string of the molecule is O=c1c(=Cc2ccc(-c3cc(Cl)cc(Cl)c3)o2)sc2nc(-c3ccco3)nn12. The summed E-state index contributed by atoms with van der Waals surface area (Å²) >= 11 is 13.3. The van der Waals surface area contributed by atoms with E-state index in [0.29, 0.717) is 42.6 Å². The van der Waals surface area contributed by atoms with Crippen molar-refractivity contribution in [2.75, 3.05) is 0 Å². The van der Waals surface area contributed by atoms with E-state index in [1.807, 2.05) is 0 Å². The van der Waals surface area contributed by atoms with Crippen molar-refractivity contribution >= 4 is 45.6 Å². The van der Waals surface area contributed by atoms with Gasteiger partial charge in [-0.25, -0.2) is 0 Å². The van der Waals surface area contributed by atoms with Crippen LogP contribution < -0.4 is 10.1 Å². The second-order valence-electron chi connectivity index (χ2n) is 5.88. The third kappa shape index (κ3) is 3.03. The Balaban J connectivity index is 1.54. The van der Waals surface area contributed by atoms with Crippen LogP contribution in [0.2, 0.25) is 10.0 Å². The average molecular weight is 430 g/mol. The third-order valence-electron chi connectivity index (χ3n) is 3.97. The van der Waals surface area contributed by atoms with E-state index < -0.39 is 0 Å². The van der Waals surface area contributed by atoms with E-state index in [1.165, 1.54) is 22.1 Å². The molecule has 0 aliphatic rings. The second-order valence-corrected chi connectivity index (χ2v) is 7.77. The molecule has 1 aromatic carbocycles. The number of thiazole rings is 1. The molecule has 0 aliphatic heterocycles. The molecule has 0 atom stereocenters. The van der Waals surface area contributed by atoms with E-state index >= 15 is 0 Å². The molecule has 0 saturated carbocycles. The van der Waals surface area contributed by atoms with Gasteiger partial charge < -0.3 is 8.83 Å². The molecule has 4 aromatic heterocycles. The van der Waals surface area contributed by atoms with Crippen LogP contribution in [-0.4, -0.2) is 14.6 Å². The lowest BCUT2D eigenvalue weighted by molar-refractivity contribution is 0.571. The monoisotopic (exact) mass is 429 g/mol. The van der Waals surface area contributed by atoms with Crippen LogP contribution in [0.15, 0.2) is 62.4 Å². The quantitative estimate of drug-likeness (QED) is 0.421. The summed E-state index contributed by atoms with van der Waals surface area (Å²) < 4.78 is 12.8. The van der Waals surface area contributed by atoms with Gasteiger partial charge in [-0.05, 0) is 42.5 Å². The Morgan fingerprint density at radius 1 is 1.07 bits per heavy atom. The van der Waals surface area contributed by atoms with Gasteiger partial charge in [-0.2, -0.15) is 9.50 Å². The Kier molecular flexibility index (Phi) is 4.08. The summed E-state index contributed by atoms with van der Waals surface area (Å²) in [5.74, 6) is 2.01. The molecule has 5 aromatic rings. The number of hydrogen-bond acceptors (Lipinski definition) is 6. The Morgan fingerprint density at radius 2 is 1.89 bits per heavy atom. The molecule has 0 amide bonds. The zero-order chi connectivity index (χ0) is 19.3. The molecule has 138 valence electrons. The van der Waals surface area contributed by atoms with E-state index in [9.17, 15) is 4.79 Å².